The molecule has 4 nitrogen and oxygen atoms in total. The van der Waals surface area contributed by atoms with Gasteiger partial charge < -0.3 is 14.8 Å². The number of para-hydroxylation sites is 1. The van der Waals surface area contributed by atoms with Crippen LogP contribution in [0.1, 0.15) is 12.5 Å². The van der Waals surface area contributed by atoms with Gasteiger partial charge in [-0.3, -0.25) is 4.90 Å². The smallest absolute Gasteiger partial charge is 0.123 e. The van der Waals surface area contributed by atoms with Gasteiger partial charge in [-0.2, -0.15) is 0 Å². The normalized spacial score (nSPS) is 19.6. The molecule has 1 fully saturated rings. The Balaban J connectivity index is 1.88. The van der Waals surface area contributed by atoms with Crippen molar-refractivity contribution in [2.24, 2.45) is 0 Å². The molecule has 0 bridgehead atoms. The maximum absolute atomic E-state index is 5.73. The van der Waals surface area contributed by atoms with Gasteiger partial charge in [0.05, 0.1) is 19.3 Å². The number of morpholine rings is 1. The monoisotopic (exact) mass is 264 g/mol. The molecule has 1 saturated heterocycles. The summed E-state index contributed by atoms with van der Waals surface area (Å²) in [6, 6.07) is 8.24. The number of ether oxygens (including phenoxy) is 2. The lowest BCUT2D eigenvalue weighted by Gasteiger charge is -2.28. The third-order valence-electron chi connectivity index (χ3n) is 3.23. The second kappa shape index (κ2) is 7.48. The second-order valence-corrected chi connectivity index (χ2v) is 4.93. The summed E-state index contributed by atoms with van der Waals surface area (Å²) in [7, 11) is 2.13. The molecule has 0 radical (unpaired) electrons. The largest absolute Gasteiger partial charge is 0.494 e. The van der Waals surface area contributed by atoms with Crippen molar-refractivity contribution in [1.29, 1.82) is 0 Å². The number of hydrogen-bond acceptors (Lipinski definition) is 4. The van der Waals surface area contributed by atoms with Gasteiger partial charge in [0.2, 0.25) is 0 Å². The highest BCUT2D eigenvalue weighted by atomic mass is 16.5. The van der Waals surface area contributed by atoms with Crippen molar-refractivity contribution in [3.05, 3.63) is 29.8 Å². The SMILES string of the molecule is CCOc1ccccc1CN(C)CC1CNCCO1. The van der Waals surface area contributed by atoms with Gasteiger partial charge in [-0.25, -0.2) is 0 Å². The van der Waals surface area contributed by atoms with Crippen molar-refractivity contribution < 1.29 is 9.47 Å². The van der Waals surface area contributed by atoms with E-state index >= 15 is 0 Å². The molecule has 1 aromatic carbocycles. The summed E-state index contributed by atoms with van der Waals surface area (Å²) in [5, 5.41) is 3.36. The molecule has 1 aliphatic heterocycles. The van der Waals surface area contributed by atoms with Gasteiger partial charge >= 0.3 is 0 Å². The van der Waals surface area contributed by atoms with E-state index in [4.69, 9.17) is 9.47 Å². The first-order valence-electron chi connectivity index (χ1n) is 7.01. The molecule has 106 valence electrons. The zero-order chi connectivity index (χ0) is 13.5. The number of nitrogens with one attached hydrogen (secondary N) is 1. The number of benzene rings is 1. The minimum atomic E-state index is 0.290. The standard InChI is InChI=1S/C15H24N2O2/c1-3-18-15-7-5-4-6-13(15)11-17(2)12-14-10-16-8-9-19-14/h4-7,14,16H,3,8-12H2,1-2H3. The average molecular weight is 264 g/mol. The van der Waals surface area contributed by atoms with E-state index in [2.05, 4.69) is 29.4 Å². The first kappa shape index (κ1) is 14.3. The number of nitrogens with zero attached hydrogens (tertiary/aromatic N) is 1. The van der Waals surface area contributed by atoms with Crippen LogP contribution in [0.4, 0.5) is 0 Å². The molecule has 0 amide bonds. The molecule has 1 atom stereocenters. The van der Waals surface area contributed by atoms with Crippen molar-refractivity contribution in [2.75, 3.05) is 39.9 Å². The molecule has 1 N–H and O–H groups in total. The quantitative estimate of drug-likeness (QED) is 0.844. The highest BCUT2D eigenvalue weighted by Gasteiger charge is 2.16. The van der Waals surface area contributed by atoms with Gasteiger partial charge in [-0.1, -0.05) is 18.2 Å². The van der Waals surface area contributed by atoms with Crippen LogP contribution < -0.4 is 10.1 Å². The maximum Gasteiger partial charge on any atom is 0.123 e. The van der Waals surface area contributed by atoms with Gasteiger partial charge in [0.15, 0.2) is 0 Å². The van der Waals surface area contributed by atoms with Gasteiger partial charge in [0, 0.05) is 31.7 Å². The first-order valence-corrected chi connectivity index (χ1v) is 7.01. The Morgan fingerprint density at radius 1 is 1.42 bits per heavy atom. The number of hydrogen-bond donors (Lipinski definition) is 1. The van der Waals surface area contributed by atoms with Crippen molar-refractivity contribution in [3.8, 4) is 5.75 Å². The molecule has 0 aromatic heterocycles. The molecule has 0 aliphatic carbocycles. The molecule has 0 spiro atoms. The second-order valence-electron chi connectivity index (χ2n) is 4.93. The van der Waals surface area contributed by atoms with Gasteiger partial charge in [0.1, 0.15) is 5.75 Å². The van der Waals surface area contributed by atoms with Crippen molar-refractivity contribution >= 4 is 0 Å². The lowest BCUT2D eigenvalue weighted by molar-refractivity contribution is 0.00873. The molecule has 1 aromatic rings. The summed E-state index contributed by atoms with van der Waals surface area (Å²) in [4.78, 5) is 2.29. The summed E-state index contributed by atoms with van der Waals surface area (Å²) in [6.45, 7) is 7.26. The molecular weight excluding hydrogens is 240 g/mol. The van der Waals surface area contributed by atoms with E-state index in [0.717, 1.165) is 38.5 Å². The van der Waals surface area contributed by atoms with E-state index in [-0.39, 0.29) is 6.10 Å². The van der Waals surface area contributed by atoms with E-state index < -0.39 is 0 Å². The molecule has 2 rings (SSSR count). The Hall–Kier alpha value is -1.10. The third-order valence-corrected chi connectivity index (χ3v) is 3.23. The van der Waals surface area contributed by atoms with Crippen LogP contribution in [-0.4, -0.2) is 50.9 Å². The predicted molar refractivity (Wildman–Crippen MR) is 76.6 cm³/mol. The van der Waals surface area contributed by atoms with Crippen LogP contribution in [0.2, 0.25) is 0 Å². The van der Waals surface area contributed by atoms with Crippen molar-refractivity contribution in [1.82, 2.24) is 10.2 Å². The van der Waals surface area contributed by atoms with Gasteiger partial charge in [-0.05, 0) is 20.0 Å². The minimum absolute atomic E-state index is 0.290. The summed E-state index contributed by atoms with van der Waals surface area (Å²) in [5.74, 6) is 0.986. The lowest BCUT2D eigenvalue weighted by Crippen LogP contribution is -2.44. The van der Waals surface area contributed by atoms with Crippen LogP contribution in [-0.2, 0) is 11.3 Å². The van der Waals surface area contributed by atoms with E-state index in [1.54, 1.807) is 0 Å². The van der Waals surface area contributed by atoms with E-state index in [1.165, 1.54) is 5.56 Å². The van der Waals surface area contributed by atoms with Crippen LogP contribution in [0.5, 0.6) is 5.75 Å². The van der Waals surface area contributed by atoms with Crippen LogP contribution >= 0.6 is 0 Å². The molecular formula is C15H24N2O2. The fourth-order valence-corrected chi connectivity index (χ4v) is 2.37. The fraction of sp³-hybridized carbons (Fsp3) is 0.600. The summed E-state index contributed by atoms with van der Waals surface area (Å²) < 4.78 is 11.4. The fourth-order valence-electron chi connectivity index (χ4n) is 2.37. The Labute approximate surface area is 115 Å². The van der Waals surface area contributed by atoms with Crippen LogP contribution in [0.25, 0.3) is 0 Å². The zero-order valence-electron chi connectivity index (χ0n) is 11.9. The highest BCUT2D eigenvalue weighted by molar-refractivity contribution is 5.33. The van der Waals surface area contributed by atoms with Crippen LogP contribution in [0.3, 0.4) is 0 Å². The summed E-state index contributed by atoms with van der Waals surface area (Å²) >= 11 is 0. The third kappa shape index (κ3) is 4.49. The van der Waals surface area contributed by atoms with E-state index in [0.29, 0.717) is 6.61 Å². The average Bonchev–Trinajstić information content (AvgIpc) is 2.42. The molecule has 1 aliphatic rings. The van der Waals surface area contributed by atoms with Crippen molar-refractivity contribution in [2.45, 2.75) is 19.6 Å². The predicted octanol–water partition coefficient (Wildman–Crippen LogP) is 1.51. The Morgan fingerprint density at radius 3 is 3.00 bits per heavy atom. The van der Waals surface area contributed by atoms with Crippen LogP contribution in [0, 0.1) is 0 Å². The molecule has 1 unspecified atom stereocenters. The minimum Gasteiger partial charge on any atom is -0.494 e. The Bertz CT molecular complexity index is 378. The van der Waals surface area contributed by atoms with Crippen molar-refractivity contribution in [3.63, 3.8) is 0 Å². The Kier molecular flexibility index (Phi) is 5.63. The van der Waals surface area contributed by atoms with Gasteiger partial charge in [0.25, 0.3) is 0 Å². The summed E-state index contributed by atoms with van der Waals surface area (Å²) in [5.41, 5.74) is 1.23. The summed E-state index contributed by atoms with van der Waals surface area (Å²) in [6.07, 6.45) is 0.290. The number of likely N-dealkylation sites (N-methyl/N-ethyl adjacent to an activating group) is 1. The molecule has 4 heteroatoms. The molecule has 1 heterocycles. The maximum atomic E-state index is 5.73. The van der Waals surface area contributed by atoms with E-state index in [1.807, 2.05) is 19.1 Å². The zero-order valence-corrected chi connectivity index (χ0v) is 11.9. The topological polar surface area (TPSA) is 33.7 Å². The molecule has 0 saturated carbocycles. The first-order chi connectivity index (χ1) is 9.29. The van der Waals surface area contributed by atoms with E-state index in [9.17, 15) is 0 Å². The highest BCUT2D eigenvalue weighted by Crippen LogP contribution is 2.19. The molecule has 19 heavy (non-hydrogen) atoms. The van der Waals surface area contributed by atoms with Crippen LogP contribution in [0.15, 0.2) is 24.3 Å². The lowest BCUT2D eigenvalue weighted by atomic mass is 10.2. The Morgan fingerprint density at radius 2 is 2.26 bits per heavy atom. The number of rotatable bonds is 6. The van der Waals surface area contributed by atoms with Gasteiger partial charge in [-0.15, -0.1) is 0 Å².